The quantitative estimate of drug-likeness (QED) is 0.415. The van der Waals surface area contributed by atoms with E-state index in [9.17, 15) is 23.8 Å². The van der Waals surface area contributed by atoms with E-state index in [0.29, 0.717) is 17.3 Å². The summed E-state index contributed by atoms with van der Waals surface area (Å²) in [5.41, 5.74) is -1.94. The number of carbonyl (C=O) groups excluding carboxylic acids is 1. The van der Waals surface area contributed by atoms with Crippen LogP contribution in [0.25, 0.3) is 10.9 Å². The summed E-state index contributed by atoms with van der Waals surface area (Å²) in [6.07, 6.45) is -10.5. The molecule has 2 aliphatic rings. The monoisotopic (exact) mass is 521 g/mol. The Morgan fingerprint density at radius 3 is 2.54 bits per heavy atom. The molecule has 1 fully saturated rings. The molecule has 0 bridgehead atoms. The number of aliphatic hydroxyl groups is 2. The van der Waals surface area contributed by atoms with Crippen molar-refractivity contribution < 1.29 is 43.1 Å². The summed E-state index contributed by atoms with van der Waals surface area (Å²) in [5, 5.41) is 20.1. The first-order valence-corrected chi connectivity index (χ1v) is 12.0. The van der Waals surface area contributed by atoms with Crippen LogP contribution in [0.2, 0.25) is 0 Å². The van der Waals surface area contributed by atoms with Crippen molar-refractivity contribution in [3.63, 3.8) is 0 Å². The Balaban J connectivity index is 1.57. The molecular formula is C28H30F3NO5. The largest absolute Gasteiger partial charge is 0.586 e. The number of carbonyl (C=O) groups is 1. The topological polar surface area (TPSA) is 80.9 Å². The van der Waals surface area contributed by atoms with Gasteiger partial charge in [0, 0.05) is 28.4 Å². The number of rotatable bonds is 9. The summed E-state index contributed by atoms with van der Waals surface area (Å²) in [6.45, 7) is 5.44. The number of ketones is 1. The number of benzene rings is 2. The maximum atomic E-state index is 15.5. The lowest BCUT2D eigenvalue weighted by molar-refractivity contribution is -0.286. The third-order valence-electron chi connectivity index (χ3n) is 7.23. The van der Waals surface area contributed by atoms with Crippen molar-refractivity contribution in [1.29, 1.82) is 0 Å². The van der Waals surface area contributed by atoms with Crippen LogP contribution in [-0.4, -0.2) is 39.6 Å². The van der Waals surface area contributed by atoms with Gasteiger partial charge >= 0.3 is 6.29 Å². The lowest BCUT2D eigenvalue weighted by Crippen LogP contribution is -2.26. The molecule has 3 aromatic rings. The predicted octanol–water partition coefficient (Wildman–Crippen LogP) is 4.99. The molecule has 0 unspecified atom stereocenters. The maximum absolute atomic E-state index is 15.5. The number of halogens is 3. The van der Waals surface area contributed by atoms with E-state index in [4.69, 9.17) is 5.48 Å². The summed E-state index contributed by atoms with van der Waals surface area (Å²) < 4.78 is 86.7. The van der Waals surface area contributed by atoms with Crippen LogP contribution in [0.5, 0.6) is 11.5 Å². The number of hydrogen-bond donors (Lipinski definition) is 2. The zero-order valence-corrected chi connectivity index (χ0v) is 20.6. The van der Waals surface area contributed by atoms with E-state index in [1.165, 1.54) is 12.1 Å². The number of aromatic nitrogens is 1. The smallest absolute Gasteiger partial charge is 0.395 e. The summed E-state index contributed by atoms with van der Waals surface area (Å²) in [6, 6.07) is 7.58. The summed E-state index contributed by atoms with van der Waals surface area (Å²) in [4.78, 5) is 13.8. The number of fused-ring (bicyclic) bond motifs is 2. The molecule has 1 aliphatic carbocycles. The lowest BCUT2D eigenvalue weighted by atomic mass is 9.86. The molecule has 0 spiro atoms. The molecule has 0 radical (unpaired) electrons. The van der Waals surface area contributed by atoms with E-state index in [2.05, 4.69) is 9.47 Å². The van der Waals surface area contributed by atoms with Crippen molar-refractivity contribution in [1.82, 2.24) is 4.57 Å². The fourth-order valence-electron chi connectivity index (χ4n) is 4.67. The van der Waals surface area contributed by atoms with E-state index in [1.54, 1.807) is 10.6 Å². The summed E-state index contributed by atoms with van der Waals surface area (Å²) in [5.74, 6) is -2.59. The number of Topliss-reactive ketones (excluding diaryl/α,β-unsaturated/α-hetero) is 1. The Bertz CT molecular complexity index is 1540. The van der Waals surface area contributed by atoms with E-state index >= 15 is 4.39 Å². The zero-order chi connectivity index (χ0) is 30.3. The third-order valence-corrected chi connectivity index (χ3v) is 7.23. The van der Waals surface area contributed by atoms with Crippen molar-refractivity contribution in [2.24, 2.45) is 0 Å². The van der Waals surface area contributed by atoms with E-state index in [1.807, 2.05) is 20.8 Å². The fraction of sp³-hybridized carbons (Fsp3) is 0.464. The second-order valence-electron chi connectivity index (χ2n) is 10.1. The second kappa shape index (κ2) is 8.77. The molecule has 1 aromatic heterocycles. The Labute approximate surface area is 218 Å². The number of alkyl halides is 2. The van der Waals surface area contributed by atoms with Crippen LogP contribution in [0.15, 0.2) is 36.4 Å². The highest BCUT2D eigenvalue weighted by atomic mass is 19.3. The molecule has 5 rings (SSSR count). The first-order chi connectivity index (χ1) is 18.9. The minimum atomic E-state index is -3.97. The Kier molecular flexibility index (Phi) is 4.97. The van der Waals surface area contributed by atoms with Gasteiger partial charge in [0.2, 0.25) is 0 Å². The Hall–Kier alpha value is -3.04. The predicted molar refractivity (Wildman–Crippen MR) is 131 cm³/mol. The van der Waals surface area contributed by atoms with Crippen molar-refractivity contribution in [2.45, 2.75) is 76.1 Å². The molecule has 37 heavy (non-hydrogen) atoms. The van der Waals surface area contributed by atoms with Gasteiger partial charge in [-0.25, -0.2) is 4.39 Å². The lowest BCUT2D eigenvalue weighted by Gasteiger charge is -2.26. The fourth-order valence-corrected chi connectivity index (χ4v) is 4.67. The van der Waals surface area contributed by atoms with Crippen molar-refractivity contribution >= 4 is 16.7 Å². The van der Waals surface area contributed by atoms with Gasteiger partial charge in [-0.3, -0.25) is 4.79 Å². The van der Waals surface area contributed by atoms with Gasteiger partial charge in [0.1, 0.15) is 11.6 Å². The van der Waals surface area contributed by atoms with Gasteiger partial charge in [-0.1, -0.05) is 26.8 Å². The van der Waals surface area contributed by atoms with Crippen LogP contribution < -0.4 is 9.47 Å². The number of ether oxygens (including phenoxy) is 2. The molecule has 9 heteroatoms. The van der Waals surface area contributed by atoms with Gasteiger partial charge in [-0.15, -0.1) is 8.78 Å². The van der Waals surface area contributed by atoms with E-state index in [-0.39, 0.29) is 28.8 Å². The highest BCUT2D eigenvalue weighted by Gasteiger charge is 2.52. The summed E-state index contributed by atoms with van der Waals surface area (Å²) >= 11 is 0. The molecule has 198 valence electrons. The molecule has 0 amide bonds. The number of aliphatic hydroxyl groups excluding tert-OH is 2. The van der Waals surface area contributed by atoms with E-state index < -0.39 is 60.9 Å². The molecule has 2 N–H and O–H groups in total. The van der Waals surface area contributed by atoms with Gasteiger partial charge in [-0.2, -0.15) is 0 Å². The van der Waals surface area contributed by atoms with E-state index in [0.717, 1.165) is 23.9 Å². The number of hydrogen-bond acceptors (Lipinski definition) is 5. The molecule has 2 aromatic carbocycles. The van der Waals surface area contributed by atoms with Gasteiger partial charge in [0.25, 0.3) is 0 Å². The second-order valence-corrected chi connectivity index (χ2v) is 10.1. The first-order valence-electron chi connectivity index (χ1n) is 14.0. The molecule has 1 aliphatic heterocycles. The first kappa shape index (κ1) is 21.0. The van der Waals surface area contributed by atoms with Crippen LogP contribution in [0.4, 0.5) is 13.2 Å². The van der Waals surface area contributed by atoms with Crippen LogP contribution in [0.1, 0.15) is 62.2 Å². The molecule has 0 saturated heterocycles. The van der Waals surface area contributed by atoms with Crippen molar-refractivity contribution in [2.75, 3.05) is 6.61 Å². The maximum Gasteiger partial charge on any atom is 0.586 e. The standard InChI is InChI=1S/C28H30F3NO5/c1-4-26(2,3)24-10-17-9-16(20(29)13-21(17)32(24)14-19(34)15-33)11-25(35)27(7-8-27)18-5-6-22-23(12-18)37-28(30,31)36-22/h5-6,9-10,12-13,19,33-34H,4,7-8,11,14-15H2,1-3H3/t19-/m1/s1/i7D2,8D2. The molecule has 1 saturated carbocycles. The Morgan fingerprint density at radius 2 is 1.89 bits per heavy atom. The average molecular weight is 522 g/mol. The molecule has 6 nitrogen and oxygen atoms in total. The minimum Gasteiger partial charge on any atom is -0.395 e. The highest BCUT2D eigenvalue weighted by Crippen LogP contribution is 2.52. The highest BCUT2D eigenvalue weighted by molar-refractivity contribution is 5.95. The molecular weight excluding hydrogens is 487 g/mol. The van der Waals surface area contributed by atoms with Crippen molar-refractivity contribution in [3.05, 3.63) is 59.0 Å². The van der Waals surface area contributed by atoms with Gasteiger partial charge in [-0.05, 0) is 60.6 Å². The van der Waals surface area contributed by atoms with Gasteiger partial charge < -0.3 is 24.3 Å². The zero-order valence-electron chi connectivity index (χ0n) is 24.6. The number of nitrogens with zero attached hydrogens (tertiary/aromatic N) is 1. The SMILES string of the molecule is [2H]C1([2H])C([2H])([2H])C1(C(=O)Cc1cc2cc(C(C)(C)CC)n(C[C@@H](O)CO)c2cc1F)c1ccc2c(c1)OC(F)(F)O2. The van der Waals surface area contributed by atoms with Crippen LogP contribution in [-0.2, 0) is 28.6 Å². The van der Waals surface area contributed by atoms with Gasteiger partial charge in [0.15, 0.2) is 11.5 Å². The van der Waals surface area contributed by atoms with Crippen LogP contribution in [0.3, 0.4) is 0 Å². The minimum absolute atomic E-state index is 0.00314. The Morgan fingerprint density at radius 1 is 1.19 bits per heavy atom. The molecule has 2 heterocycles. The summed E-state index contributed by atoms with van der Waals surface area (Å²) in [7, 11) is 0. The average Bonchev–Trinajstić information content (AvgIpc) is 3.18. The normalized spacial score (nSPS) is 22.6. The molecule has 1 atom stereocenters. The van der Waals surface area contributed by atoms with Crippen molar-refractivity contribution in [3.8, 4) is 11.5 Å². The van der Waals surface area contributed by atoms with Gasteiger partial charge in [0.05, 0.1) is 30.2 Å². The third kappa shape index (κ3) is 4.48. The van der Waals surface area contributed by atoms with Crippen LogP contribution >= 0.6 is 0 Å². The van der Waals surface area contributed by atoms with Crippen LogP contribution in [0, 0.1) is 5.82 Å².